The average molecular weight is 498 g/mol. The molecule has 4 N–H and O–H groups in total. The van der Waals surface area contributed by atoms with Gasteiger partial charge in [0.05, 0.1) is 13.2 Å². The van der Waals surface area contributed by atoms with Crippen molar-refractivity contribution in [3.05, 3.63) is 0 Å². The first-order valence-electron chi connectivity index (χ1n) is 11.6. The van der Waals surface area contributed by atoms with Gasteiger partial charge in [-0.3, -0.25) is 23.4 Å². The maximum absolute atomic E-state index is 12.1. The van der Waals surface area contributed by atoms with Crippen LogP contribution in [0, 0.1) is 0 Å². The molecule has 0 aliphatic carbocycles. The van der Waals surface area contributed by atoms with Gasteiger partial charge in [0, 0.05) is 12.8 Å². The lowest BCUT2D eigenvalue weighted by Gasteiger charge is -2.20. The first kappa shape index (κ1) is 31.5. The van der Waals surface area contributed by atoms with Crippen LogP contribution in [0.5, 0.6) is 0 Å². The zero-order valence-electron chi connectivity index (χ0n) is 19.7. The zero-order chi connectivity index (χ0) is 25.1. The lowest BCUT2D eigenvalue weighted by atomic mass is 10.1. The normalized spacial score (nSPS) is 14.8. The van der Waals surface area contributed by atoms with Gasteiger partial charge in [0.1, 0.15) is 12.6 Å². The van der Waals surface area contributed by atoms with Crippen LogP contribution in [0.4, 0.5) is 0 Å². The quantitative estimate of drug-likeness (QED) is 0.121. The van der Waals surface area contributed by atoms with Crippen LogP contribution < -0.4 is 5.73 Å². The predicted molar refractivity (Wildman–Crippen MR) is 120 cm³/mol. The number of hydrogen-bond acceptors (Lipinski definition) is 9. The molecule has 3 atom stereocenters. The molecule has 12 heteroatoms. The van der Waals surface area contributed by atoms with Gasteiger partial charge < -0.3 is 25.2 Å². The van der Waals surface area contributed by atoms with Gasteiger partial charge in [-0.2, -0.15) is 0 Å². The highest BCUT2D eigenvalue weighted by Gasteiger charge is 2.28. The van der Waals surface area contributed by atoms with E-state index in [1.165, 1.54) is 0 Å². The average Bonchev–Trinajstić information content (AvgIpc) is 2.76. The first-order valence-corrected chi connectivity index (χ1v) is 13.1. The van der Waals surface area contributed by atoms with E-state index < -0.39 is 51.1 Å². The fraction of sp³-hybridized carbons (Fsp3) is 0.857. The van der Waals surface area contributed by atoms with Crippen LogP contribution in [0.3, 0.4) is 0 Å². The van der Waals surface area contributed by atoms with Crippen LogP contribution >= 0.6 is 7.82 Å². The maximum Gasteiger partial charge on any atom is 0.472 e. The molecule has 0 aliphatic heterocycles. The van der Waals surface area contributed by atoms with Crippen LogP contribution in [-0.2, 0) is 37.5 Å². The van der Waals surface area contributed by atoms with E-state index in [4.69, 9.17) is 24.8 Å². The van der Waals surface area contributed by atoms with Crippen LogP contribution in [0.2, 0.25) is 0 Å². The highest BCUT2D eigenvalue weighted by molar-refractivity contribution is 7.47. The summed E-state index contributed by atoms with van der Waals surface area (Å²) in [6.45, 7) is 2.46. The summed E-state index contributed by atoms with van der Waals surface area (Å²) in [5.41, 5.74) is 5.22. The van der Waals surface area contributed by atoms with E-state index in [1.54, 1.807) is 0 Å². The van der Waals surface area contributed by atoms with E-state index >= 15 is 0 Å². The summed E-state index contributed by atoms with van der Waals surface area (Å²) in [6, 6.07) is -1.51. The number of carbonyl (C=O) groups excluding carboxylic acids is 2. The summed E-state index contributed by atoms with van der Waals surface area (Å²) in [7, 11) is -4.66. The molecule has 0 aliphatic rings. The molecule has 0 saturated heterocycles. The summed E-state index contributed by atoms with van der Waals surface area (Å²) in [4.78, 5) is 44.4. The number of carboxylic acids is 1. The number of phosphoric acid groups is 1. The lowest BCUT2D eigenvalue weighted by Crippen LogP contribution is -2.34. The number of ether oxygens (including phenoxy) is 2. The van der Waals surface area contributed by atoms with Crippen molar-refractivity contribution in [2.75, 3.05) is 19.8 Å². The predicted octanol–water partition coefficient (Wildman–Crippen LogP) is 3.32. The summed E-state index contributed by atoms with van der Waals surface area (Å²) >= 11 is 0. The van der Waals surface area contributed by atoms with E-state index in [-0.39, 0.29) is 19.4 Å². The third kappa shape index (κ3) is 18.6. The van der Waals surface area contributed by atoms with Gasteiger partial charge >= 0.3 is 25.7 Å². The van der Waals surface area contributed by atoms with Crippen molar-refractivity contribution in [2.24, 2.45) is 5.73 Å². The third-order valence-corrected chi connectivity index (χ3v) is 5.56. The number of carboxylic acid groups (broad SMARTS) is 1. The molecule has 0 spiro atoms. The Morgan fingerprint density at radius 2 is 1.33 bits per heavy atom. The standard InChI is InChI=1S/C21H40NO10P/c1-3-5-7-9-11-12-19(23)29-14-17(32-20(24)13-10-8-6-4-2)15-30-33(27,28)31-16-18(22)21(25)26/h17-18H,3-16,22H2,1-2H3,(H,25,26)(H,27,28)/t17-,18+/m1/s1. The smallest absolute Gasteiger partial charge is 0.472 e. The van der Waals surface area contributed by atoms with Gasteiger partial charge in [-0.25, -0.2) is 4.57 Å². The van der Waals surface area contributed by atoms with Crippen molar-refractivity contribution in [2.45, 2.75) is 96.6 Å². The third-order valence-electron chi connectivity index (χ3n) is 4.61. The number of hydrogen-bond donors (Lipinski definition) is 3. The molecular weight excluding hydrogens is 457 g/mol. The van der Waals surface area contributed by atoms with Gasteiger partial charge in [0.25, 0.3) is 0 Å². The Labute approximate surface area is 195 Å². The van der Waals surface area contributed by atoms with Gasteiger partial charge in [-0.1, -0.05) is 58.8 Å². The topological polar surface area (TPSA) is 172 Å². The molecule has 0 fully saturated rings. The molecule has 0 heterocycles. The van der Waals surface area contributed by atoms with Crippen molar-refractivity contribution in [3.63, 3.8) is 0 Å². The SMILES string of the molecule is CCCCCCCC(=O)OC[C@H](COP(=O)(O)OC[C@H](N)C(=O)O)OC(=O)CCCCCC. The molecule has 0 amide bonds. The Kier molecular flexibility index (Phi) is 18.0. The summed E-state index contributed by atoms with van der Waals surface area (Å²) in [5, 5.41) is 8.70. The number of aliphatic carboxylic acids is 1. The number of esters is 2. The minimum absolute atomic E-state index is 0.155. The minimum Gasteiger partial charge on any atom is -0.480 e. The Morgan fingerprint density at radius 3 is 1.91 bits per heavy atom. The van der Waals surface area contributed by atoms with E-state index in [2.05, 4.69) is 11.4 Å². The first-order chi connectivity index (χ1) is 15.6. The van der Waals surface area contributed by atoms with Crippen LogP contribution in [0.1, 0.15) is 84.5 Å². The molecule has 0 aromatic heterocycles. The number of unbranched alkanes of at least 4 members (excludes halogenated alkanes) is 7. The molecule has 0 aromatic carbocycles. The molecule has 0 rings (SSSR count). The molecule has 1 unspecified atom stereocenters. The monoisotopic (exact) mass is 497 g/mol. The largest absolute Gasteiger partial charge is 0.480 e. The zero-order valence-corrected chi connectivity index (χ0v) is 20.6. The highest BCUT2D eigenvalue weighted by atomic mass is 31.2. The fourth-order valence-corrected chi connectivity index (χ4v) is 3.43. The molecule has 0 saturated carbocycles. The van der Waals surface area contributed by atoms with Crippen molar-refractivity contribution in [1.29, 1.82) is 0 Å². The van der Waals surface area contributed by atoms with E-state index in [1.807, 2.05) is 6.92 Å². The van der Waals surface area contributed by atoms with E-state index in [0.29, 0.717) is 12.8 Å². The van der Waals surface area contributed by atoms with E-state index in [0.717, 1.165) is 44.9 Å². The van der Waals surface area contributed by atoms with Gasteiger partial charge in [-0.05, 0) is 12.8 Å². The molecular formula is C21H40NO10P. The molecule has 194 valence electrons. The molecule has 0 bridgehead atoms. The molecule has 33 heavy (non-hydrogen) atoms. The summed E-state index contributed by atoms with van der Waals surface area (Å²) in [6.07, 6.45) is 7.57. The van der Waals surface area contributed by atoms with Crippen molar-refractivity contribution in [3.8, 4) is 0 Å². The molecule has 11 nitrogen and oxygen atoms in total. The molecule has 0 aromatic rings. The number of phosphoric ester groups is 1. The number of rotatable bonds is 21. The van der Waals surface area contributed by atoms with Crippen LogP contribution in [0.15, 0.2) is 0 Å². The van der Waals surface area contributed by atoms with Crippen molar-refractivity contribution >= 4 is 25.7 Å². The van der Waals surface area contributed by atoms with Gasteiger partial charge in [-0.15, -0.1) is 0 Å². The highest BCUT2D eigenvalue weighted by Crippen LogP contribution is 2.43. The van der Waals surface area contributed by atoms with Crippen LogP contribution in [-0.4, -0.2) is 59.9 Å². The Hall–Kier alpha value is -1.52. The van der Waals surface area contributed by atoms with E-state index in [9.17, 15) is 23.8 Å². The summed E-state index contributed by atoms with van der Waals surface area (Å²) < 4.78 is 31.7. The summed E-state index contributed by atoms with van der Waals surface area (Å²) in [5.74, 6) is -2.42. The fourth-order valence-electron chi connectivity index (χ4n) is 2.65. The molecule has 0 radical (unpaired) electrons. The number of nitrogens with two attached hydrogens (primary N) is 1. The van der Waals surface area contributed by atoms with Gasteiger partial charge in [0.15, 0.2) is 6.10 Å². The maximum atomic E-state index is 12.1. The lowest BCUT2D eigenvalue weighted by molar-refractivity contribution is -0.161. The number of carbonyl (C=O) groups is 3. The van der Waals surface area contributed by atoms with Crippen molar-refractivity contribution < 1.29 is 47.5 Å². The Balaban J connectivity index is 4.66. The van der Waals surface area contributed by atoms with Crippen LogP contribution in [0.25, 0.3) is 0 Å². The van der Waals surface area contributed by atoms with Gasteiger partial charge in [0.2, 0.25) is 0 Å². The van der Waals surface area contributed by atoms with Crippen molar-refractivity contribution in [1.82, 2.24) is 0 Å². The second kappa shape index (κ2) is 18.9. The second-order valence-corrected chi connectivity index (χ2v) is 9.23. The minimum atomic E-state index is -4.66. The second-order valence-electron chi connectivity index (χ2n) is 7.77. The Morgan fingerprint density at radius 1 is 0.818 bits per heavy atom. The Bertz CT molecular complexity index is 616.